The first kappa shape index (κ1) is 22.0. The summed E-state index contributed by atoms with van der Waals surface area (Å²) >= 11 is 5.96. The number of amides is 1. The maximum Gasteiger partial charge on any atom is 0.260 e. The van der Waals surface area contributed by atoms with E-state index in [9.17, 15) is 9.59 Å². The van der Waals surface area contributed by atoms with Crippen LogP contribution in [0, 0.1) is 12.8 Å². The van der Waals surface area contributed by atoms with Gasteiger partial charge in [-0.05, 0) is 61.7 Å². The quantitative estimate of drug-likeness (QED) is 0.616. The molecular weight excluding hydrogens is 406 g/mol. The number of carbonyl (C=O) groups is 2. The van der Waals surface area contributed by atoms with Crippen molar-refractivity contribution < 1.29 is 23.8 Å². The Morgan fingerprint density at radius 3 is 2.50 bits per heavy atom. The molecular formula is C23H26ClNO5. The summed E-state index contributed by atoms with van der Waals surface area (Å²) in [6.45, 7) is 2.82. The van der Waals surface area contributed by atoms with Crippen LogP contribution < -0.4 is 14.2 Å². The van der Waals surface area contributed by atoms with Crippen molar-refractivity contribution in [1.82, 2.24) is 4.90 Å². The topological polar surface area (TPSA) is 65.1 Å². The second-order valence-corrected chi connectivity index (χ2v) is 7.75. The highest BCUT2D eigenvalue weighted by Gasteiger charge is 2.29. The van der Waals surface area contributed by atoms with E-state index in [0.29, 0.717) is 40.9 Å². The molecule has 1 amide bonds. The van der Waals surface area contributed by atoms with Crippen LogP contribution >= 0.6 is 11.6 Å². The lowest BCUT2D eigenvalue weighted by molar-refractivity contribution is -0.134. The van der Waals surface area contributed by atoms with Gasteiger partial charge in [-0.2, -0.15) is 0 Å². The van der Waals surface area contributed by atoms with Crippen molar-refractivity contribution in [1.29, 1.82) is 0 Å². The highest BCUT2D eigenvalue weighted by molar-refractivity contribution is 6.30. The summed E-state index contributed by atoms with van der Waals surface area (Å²) in [5, 5.41) is 0.624. The number of likely N-dealkylation sites (tertiary alicyclic amines) is 1. The van der Waals surface area contributed by atoms with E-state index >= 15 is 0 Å². The van der Waals surface area contributed by atoms with E-state index in [2.05, 4.69) is 0 Å². The van der Waals surface area contributed by atoms with Crippen molar-refractivity contribution in [3.63, 3.8) is 0 Å². The van der Waals surface area contributed by atoms with Gasteiger partial charge in [0.25, 0.3) is 5.91 Å². The number of hydrogen-bond donors (Lipinski definition) is 0. The van der Waals surface area contributed by atoms with E-state index in [1.807, 2.05) is 6.92 Å². The third kappa shape index (κ3) is 5.05. The molecule has 1 aliphatic rings. The Bertz CT molecular complexity index is 930. The van der Waals surface area contributed by atoms with Crippen molar-refractivity contribution in [3.8, 4) is 17.2 Å². The SMILES string of the molecule is COc1ccc(C(=O)C2CCCN(C(=O)COc3ccc(Cl)cc3C)C2)cc1OC. The monoisotopic (exact) mass is 431 g/mol. The smallest absolute Gasteiger partial charge is 0.260 e. The second kappa shape index (κ2) is 9.85. The summed E-state index contributed by atoms with van der Waals surface area (Å²) in [5.41, 5.74) is 1.43. The lowest BCUT2D eigenvalue weighted by Gasteiger charge is -2.32. The van der Waals surface area contributed by atoms with Crippen molar-refractivity contribution in [3.05, 3.63) is 52.5 Å². The molecule has 0 aliphatic carbocycles. The molecule has 1 heterocycles. The molecule has 2 aromatic carbocycles. The summed E-state index contributed by atoms with van der Waals surface area (Å²) in [4.78, 5) is 27.4. The maximum absolute atomic E-state index is 13.0. The Labute approximate surface area is 181 Å². The number of ketones is 1. The number of benzene rings is 2. The average molecular weight is 432 g/mol. The van der Waals surface area contributed by atoms with Crippen LogP contribution in [0.5, 0.6) is 17.2 Å². The molecule has 7 heteroatoms. The van der Waals surface area contributed by atoms with Gasteiger partial charge < -0.3 is 19.1 Å². The Hall–Kier alpha value is -2.73. The average Bonchev–Trinajstić information content (AvgIpc) is 2.77. The van der Waals surface area contributed by atoms with Gasteiger partial charge >= 0.3 is 0 Å². The Morgan fingerprint density at radius 2 is 1.80 bits per heavy atom. The van der Waals surface area contributed by atoms with Crippen molar-refractivity contribution in [2.24, 2.45) is 5.92 Å². The third-order valence-electron chi connectivity index (χ3n) is 5.30. The molecule has 0 bridgehead atoms. The van der Waals surface area contributed by atoms with E-state index in [4.69, 9.17) is 25.8 Å². The summed E-state index contributed by atoms with van der Waals surface area (Å²) in [6, 6.07) is 10.4. The lowest BCUT2D eigenvalue weighted by atomic mass is 9.90. The van der Waals surface area contributed by atoms with Crippen LogP contribution in [0.1, 0.15) is 28.8 Å². The molecule has 1 atom stereocenters. The molecule has 1 aliphatic heterocycles. The fourth-order valence-electron chi connectivity index (χ4n) is 3.65. The molecule has 0 spiro atoms. The van der Waals surface area contributed by atoms with Crippen LogP contribution in [-0.4, -0.2) is 50.5 Å². The molecule has 0 aromatic heterocycles. The van der Waals surface area contributed by atoms with Gasteiger partial charge in [-0.25, -0.2) is 0 Å². The molecule has 1 unspecified atom stereocenters. The van der Waals surface area contributed by atoms with E-state index in [0.717, 1.165) is 18.4 Å². The summed E-state index contributed by atoms with van der Waals surface area (Å²) < 4.78 is 16.2. The lowest BCUT2D eigenvalue weighted by Crippen LogP contribution is -2.44. The highest BCUT2D eigenvalue weighted by atomic mass is 35.5. The zero-order chi connectivity index (χ0) is 21.7. The van der Waals surface area contributed by atoms with Crippen molar-refractivity contribution in [2.45, 2.75) is 19.8 Å². The van der Waals surface area contributed by atoms with E-state index < -0.39 is 0 Å². The largest absolute Gasteiger partial charge is 0.493 e. The van der Waals surface area contributed by atoms with Gasteiger partial charge in [-0.1, -0.05) is 11.6 Å². The third-order valence-corrected chi connectivity index (χ3v) is 5.54. The second-order valence-electron chi connectivity index (χ2n) is 7.31. The van der Waals surface area contributed by atoms with Crippen molar-refractivity contribution in [2.75, 3.05) is 33.9 Å². The molecule has 0 radical (unpaired) electrons. The van der Waals surface area contributed by atoms with Crippen LogP contribution in [0.4, 0.5) is 0 Å². The first-order chi connectivity index (χ1) is 14.4. The molecule has 0 N–H and O–H groups in total. The van der Waals surface area contributed by atoms with Crippen LogP contribution in [0.15, 0.2) is 36.4 Å². The first-order valence-electron chi connectivity index (χ1n) is 9.86. The van der Waals surface area contributed by atoms with Crippen LogP contribution in [0.2, 0.25) is 5.02 Å². The molecule has 1 saturated heterocycles. The fraction of sp³-hybridized carbons (Fsp3) is 0.391. The number of carbonyl (C=O) groups excluding carboxylic acids is 2. The predicted molar refractivity (Wildman–Crippen MR) is 115 cm³/mol. The standard InChI is InChI=1S/C23H26ClNO5/c1-15-11-18(24)7-9-19(15)30-14-22(26)25-10-4-5-17(13-25)23(27)16-6-8-20(28-2)21(12-16)29-3/h6-9,11-12,17H,4-5,10,13-14H2,1-3H3. The van der Waals surface area contributed by atoms with Crippen LogP contribution in [0.25, 0.3) is 0 Å². The molecule has 2 aromatic rings. The Kier molecular flexibility index (Phi) is 7.21. The minimum Gasteiger partial charge on any atom is -0.493 e. The van der Waals surface area contributed by atoms with E-state index in [1.165, 1.54) is 7.11 Å². The molecule has 160 valence electrons. The molecule has 6 nitrogen and oxygen atoms in total. The first-order valence-corrected chi connectivity index (χ1v) is 10.2. The van der Waals surface area contributed by atoms with Gasteiger partial charge in [0.1, 0.15) is 5.75 Å². The summed E-state index contributed by atoms with van der Waals surface area (Å²) in [6.07, 6.45) is 1.52. The number of methoxy groups -OCH3 is 2. The molecule has 30 heavy (non-hydrogen) atoms. The number of aryl methyl sites for hydroxylation is 1. The Balaban J connectivity index is 1.63. The summed E-state index contributed by atoms with van der Waals surface area (Å²) in [7, 11) is 3.09. The number of halogens is 1. The van der Waals surface area contributed by atoms with Gasteiger partial charge in [0.15, 0.2) is 23.9 Å². The zero-order valence-corrected chi connectivity index (χ0v) is 18.2. The minimum atomic E-state index is -0.252. The summed E-state index contributed by atoms with van der Waals surface area (Å²) in [5.74, 6) is 1.33. The van der Waals surface area contributed by atoms with E-state index in [-0.39, 0.29) is 24.2 Å². The van der Waals surface area contributed by atoms with Crippen molar-refractivity contribution >= 4 is 23.3 Å². The van der Waals surface area contributed by atoms with E-state index in [1.54, 1.807) is 48.4 Å². The fourth-order valence-corrected chi connectivity index (χ4v) is 3.88. The number of rotatable bonds is 7. The zero-order valence-electron chi connectivity index (χ0n) is 17.4. The molecule has 3 rings (SSSR count). The van der Waals surface area contributed by atoms with Gasteiger partial charge in [0.05, 0.1) is 14.2 Å². The normalized spacial score (nSPS) is 16.1. The number of nitrogens with zero attached hydrogens (tertiary/aromatic N) is 1. The minimum absolute atomic E-state index is 0.00270. The predicted octanol–water partition coefficient (Wildman–Crippen LogP) is 4.17. The van der Waals surface area contributed by atoms with Gasteiger partial charge in [-0.3, -0.25) is 9.59 Å². The van der Waals surface area contributed by atoms with Gasteiger partial charge in [0.2, 0.25) is 0 Å². The molecule has 1 fully saturated rings. The number of piperidine rings is 1. The maximum atomic E-state index is 13.0. The number of hydrogen-bond acceptors (Lipinski definition) is 5. The molecule has 0 saturated carbocycles. The number of ether oxygens (including phenoxy) is 3. The number of Topliss-reactive ketones (excluding diaryl/α,β-unsaturated/α-hetero) is 1. The Morgan fingerprint density at radius 1 is 1.07 bits per heavy atom. The van der Waals surface area contributed by atoms with Gasteiger partial charge in [-0.15, -0.1) is 0 Å². The highest BCUT2D eigenvalue weighted by Crippen LogP contribution is 2.30. The van der Waals surface area contributed by atoms with Crippen LogP contribution in [0.3, 0.4) is 0 Å². The van der Waals surface area contributed by atoms with Crippen LogP contribution in [-0.2, 0) is 4.79 Å². The van der Waals surface area contributed by atoms with Gasteiger partial charge in [0, 0.05) is 29.6 Å².